The van der Waals surface area contributed by atoms with Crippen molar-refractivity contribution in [2.75, 3.05) is 7.05 Å². The fourth-order valence-electron chi connectivity index (χ4n) is 1.34. The molecule has 1 N–H and O–H groups in total. The van der Waals surface area contributed by atoms with Crippen LogP contribution in [0.15, 0.2) is 18.2 Å². The van der Waals surface area contributed by atoms with Crippen LogP contribution in [-0.2, 0) is 15.8 Å². The highest BCUT2D eigenvalue weighted by Crippen LogP contribution is 2.15. The molecule has 3 nitrogen and oxygen atoms in total. The van der Waals surface area contributed by atoms with Gasteiger partial charge in [0.2, 0.25) is 10.0 Å². The predicted octanol–water partition coefficient (Wildman–Crippen LogP) is 1.35. The first-order valence-electron chi connectivity index (χ1n) is 4.42. The summed E-state index contributed by atoms with van der Waals surface area (Å²) < 4.78 is 25.0. The van der Waals surface area contributed by atoms with Crippen molar-refractivity contribution >= 4 is 10.0 Å². The number of nitrogens with one attached hydrogen (secondary N) is 1. The summed E-state index contributed by atoms with van der Waals surface area (Å²) in [6.45, 7) is 3.85. The lowest BCUT2D eigenvalue weighted by molar-refractivity contribution is 0.587. The van der Waals surface area contributed by atoms with Crippen molar-refractivity contribution in [3.8, 4) is 0 Å². The average Bonchev–Trinajstić information content (AvgIpc) is 2.12. The van der Waals surface area contributed by atoms with E-state index < -0.39 is 10.0 Å². The Morgan fingerprint density at radius 3 is 2.14 bits per heavy atom. The molecule has 0 saturated carbocycles. The molecular formula is C10H15NO2S. The molecule has 0 aliphatic rings. The van der Waals surface area contributed by atoms with Gasteiger partial charge in [-0.15, -0.1) is 0 Å². The SMILES string of the molecule is CNS(=O)(=O)Cc1c(C)cccc1C. The molecule has 4 heteroatoms. The van der Waals surface area contributed by atoms with Gasteiger partial charge in [-0.2, -0.15) is 0 Å². The normalized spacial score (nSPS) is 11.6. The van der Waals surface area contributed by atoms with Crippen molar-refractivity contribution in [3.63, 3.8) is 0 Å². The van der Waals surface area contributed by atoms with Crippen molar-refractivity contribution in [2.24, 2.45) is 0 Å². The Balaban J connectivity index is 3.09. The maximum absolute atomic E-state index is 11.4. The van der Waals surface area contributed by atoms with Gasteiger partial charge >= 0.3 is 0 Å². The molecule has 0 saturated heterocycles. The van der Waals surface area contributed by atoms with Crippen LogP contribution in [0.3, 0.4) is 0 Å². The lowest BCUT2D eigenvalue weighted by Gasteiger charge is -2.09. The van der Waals surface area contributed by atoms with Crippen LogP contribution >= 0.6 is 0 Å². The molecule has 0 aliphatic carbocycles. The molecule has 0 aromatic heterocycles. The zero-order valence-electron chi connectivity index (χ0n) is 8.66. The number of hydrogen-bond donors (Lipinski definition) is 1. The number of rotatable bonds is 3. The van der Waals surface area contributed by atoms with Crippen molar-refractivity contribution in [1.29, 1.82) is 0 Å². The van der Waals surface area contributed by atoms with E-state index in [2.05, 4.69) is 4.72 Å². The van der Waals surface area contributed by atoms with E-state index in [0.717, 1.165) is 16.7 Å². The van der Waals surface area contributed by atoms with Crippen molar-refractivity contribution in [1.82, 2.24) is 4.72 Å². The summed E-state index contributed by atoms with van der Waals surface area (Å²) in [4.78, 5) is 0. The maximum Gasteiger partial charge on any atom is 0.215 e. The van der Waals surface area contributed by atoms with Gasteiger partial charge < -0.3 is 0 Å². The van der Waals surface area contributed by atoms with Gasteiger partial charge in [0.05, 0.1) is 5.75 Å². The molecule has 0 unspecified atom stereocenters. The van der Waals surface area contributed by atoms with E-state index in [1.165, 1.54) is 7.05 Å². The molecule has 0 aliphatic heterocycles. The van der Waals surface area contributed by atoms with E-state index in [4.69, 9.17) is 0 Å². The molecule has 78 valence electrons. The molecule has 0 fully saturated rings. The van der Waals surface area contributed by atoms with Crippen LogP contribution < -0.4 is 4.72 Å². The van der Waals surface area contributed by atoms with Gasteiger partial charge in [-0.3, -0.25) is 0 Å². The first-order valence-corrected chi connectivity index (χ1v) is 6.08. The number of sulfonamides is 1. The first kappa shape index (κ1) is 11.2. The molecule has 0 heterocycles. The molecule has 0 radical (unpaired) electrons. The smallest absolute Gasteiger partial charge is 0.215 e. The lowest BCUT2D eigenvalue weighted by atomic mass is 10.1. The van der Waals surface area contributed by atoms with Gasteiger partial charge in [0.25, 0.3) is 0 Å². The molecule has 0 amide bonds. The molecule has 0 atom stereocenters. The number of hydrogen-bond acceptors (Lipinski definition) is 2. The molecule has 14 heavy (non-hydrogen) atoms. The van der Waals surface area contributed by atoms with Gasteiger partial charge in [0, 0.05) is 0 Å². The Bertz CT molecular complexity index is 403. The zero-order chi connectivity index (χ0) is 10.8. The summed E-state index contributed by atoms with van der Waals surface area (Å²) in [5.41, 5.74) is 2.93. The average molecular weight is 213 g/mol. The van der Waals surface area contributed by atoms with E-state index in [-0.39, 0.29) is 5.75 Å². The number of aryl methyl sites for hydroxylation is 2. The fourth-order valence-corrected chi connectivity index (χ4v) is 2.32. The Morgan fingerprint density at radius 1 is 1.21 bits per heavy atom. The second-order valence-corrected chi connectivity index (χ2v) is 5.26. The Hall–Kier alpha value is -0.870. The highest BCUT2D eigenvalue weighted by Gasteiger charge is 2.11. The Kier molecular flexibility index (Phi) is 3.29. The van der Waals surface area contributed by atoms with Crippen molar-refractivity contribution < 1.29 is 8.42 Å². The lowest BCUT2D eigenvalue weighted by Crippen LogP contribution is -2.21. The summed E-state index contributed by atoms with van der Waals surface area (Å²) in [5.74, 6) is 0.0575. The quantitative estimate of drug-likeness (QED) is 0.824. The second kappa shape index (κ2) is 4.11. The summed E-state index contributed by atoms with van der Waals surface area (Å²) in [6, 6.07) is 5.78. The number of benzene rings is 1. The van der Waals surface area contributed by atoms with Crippen LogP contribution in [-0.4, -0.2) is 15.5 Å². The van der Waals surface area contributed by atoms with Crippen LogP contribution in [0, 0.1) is 13.8 Å². The molecular weight excluding hydrogens is 198 g/mol. The van der Waals surface area contributed by atoms with Crippen LogP contribution in [0.4, 0.5) is 0 Å². The van der Waals surface area contributed by atoms with Crippen LogP contribution in [0.5, 0.6) is 0 Å². The second-order valence-electron chi connectivity index (χ2n) is 3.33. The third-order valence-electron chi connectivity index (χ3n) is 2.29. The third-order valence-corrected chi connectivity index (χ3v) is 3.58. The summed E-state index contributed by atoms with van der Waals surface area (Å²) >= 11 is 0. The Morgan fingerprint density at radius 2 is 1.71 bits per heavy atom. The minimum absolute atomic E-state index is 0.0575. The predicted molar refractivity (Wildman–Crippen MR) is 57.6 cm³/mol. The zero-order valence-corrected chi connectivity index (χ0v) is 9.48. The molecule has 1 rings (SSSR count). The van der Waals surface area contributed by atoms with Crippen LogP contribution in [0.25, 0.3) is 0 Å². The monoisotopic (exact) mass is 213 g/mol. The van der Waals surface area contributed by atoms with E-state index in [1.807, 2.05) is 32.0 Å². The third kappa shape index (κ3) is 2.56. The summed E-state index contributed by atoms with van der Waals surface area (Å²) in [6.07, 6.45) is 0. The highest BCUT2D eigenvalue weighted by atomic mass is 32.2. The molecule has 0 spiro atoms. The minimum Gasteiger partial charge on any atom is -0.218 e. The van der Waals surface area contributed by atoms with Crippen molar-refractivity contribution in [3.05, 3.63) is 34.9 Å². The summed E-state index contributed by atoms with van der Waals surface area (Å²) in [7, 11) is -1.73. The van der Waals surface area contributed by atoms with E-state index >= 15 is 0 Å². The molecule has 1 aromatic rings. The van der Waals surface area contributed by atoms with Gasteiger partial charge in [0.1, 0.15) is 0 Å². The van der Waals surface area contributed by atoms with Gasteiger partial charge in [-0.25, -0.2) is 13.1 Å². The highest BCUT2D eigenvalue weighted by molar-refractivity contribution is 7.88. The molecule has 0 bridgehead atoms. The van der Waals surface area contributed by atoms with Gasteiger partial charge in [0.15, 0.2) is 0 Å². The van der Waals surface area contributed by atoms with Crippen LogP contribution in [0.1, 0.15) is 16.7 Å². The Labute approximate surface area is 85.2 Å². The standard InChI is InChI=1S/C10H15NO2S/c1-8-5-4-6-9(2)10(8)7-14(12,13)11-3/h4-6,11H,7H2,1-3H3. The first-order chi connectivity index (χ1) is 6.46. The fraction of sp³-hybridized carbons (Fsp3) is 0.400. The van der Waals surface area contributed by atoms with Crippen LogP contribution in [0.2, 0.25) is 0 Å². The minimum atomic E-state index is -3.17. The topological polar surface area (TPSA) is 46.2 Å². The maximum atomic E-state index is 11.4. The van der Waals surface area contributed by atoms with E-state index in [0.29, 0.717) is 0 Å². The largest absolute Gasteiger partial charge is 0.218 e. The summed E-state index contributed by atoms with van der Waals surface area (Å²) in [5, 5.41) is 0. The van der Waals surface area contributed by atoms with Crippen molar-refractivity contribution in [2.45, 2.75) is 19.6 Å². The molecule has 1 aromatic carbocycles. The van der Waals surface area contributed by atoms with E-state index in [9.17, 15) is 8.42 Å². The van der Waals surface area contributed by atoms with E-state index in [1.54, 1.807) is 0 Å². The van der Waals surface area contributed by atoms with Gasteiger partial charge in [-0.05, 0) is 37.6 Å². The van der Waals surface area contributed by atoms with Gasteiger partial charge in [-0.1, -0.05) is 18.2 Å².